The topological polar surface area (TPSA) is 66.8 Å². The maximum absolute atomic E-state index is 13.2. The zero-order chi connectivity index (χ0) is 21.8. The Balaban J connectivity index is 2.02. The molecule has 0 aromatic carbocycles. The van der Waals surface area contributed by atoms with E-state index in [0.717, 1.165) is 44.2 Å². The van der Waals surface area contributed by atoms with Crippen molar-refractivity contribution in [1.29, 1.82) is 0 Å². The summed E-state index contributed by atoms with van der Waals surface area (Å²) >= 11 is 0. The summed E-state index contributed by atoms with van der Waals surface area (Å²) in [5.41, 5.74) is 1.09. The quantitative estimate of drug-likeness (QED) is 0.526. The molecule has 0 radical (unpaired) electrons. The first-order chi connectivity index (χ1) is 14.5. The molecule has 3 amide bonds. The molecule has 7 heteroatoms. The summed E-state index contributed by atoms with van der Waals surface area (Å²) in [6.07, 6.45) is 10.3. The zero-order valence-electron chi connectivity index (χ0n) is 19.1. The van der Waals surface area contributed by atoms with E-state index in [1.165, 1.54) is 6.42 Å². The predicted octanol–water partition coefficient (Wildman–Crippen LogP) is 3.53. The number of hydrogen-bond acceptors (Lipinski definition) is 3. The summed E-state index contributed by atoms with van der Waals surface area (Å²) in [6.45, 7) is 4.60. The van der Waals surface area contributed by atoms with Crippen molar-refractivity contribution in [2.24, 2.45) is 7.05 Å². The minimum atomic E-state index is -0.124. The average molecular weight is 421 g/mol. The number of ether oxygens (including phenoxy) is 1. The van der Waals surface area contributed by atoms with E-state index < -0.39 is 0 Å². The number of aryl methyl sites for hydroxylation is 1. The Labute approximate surface area is 181 Å². The Morgan fingerprint density at radius 2 is 1.90 bits per heavy atom. The Kier molecular flexibility index (Phi) is 10.8. The van der Waals surface area contributed by atoms with Crippen molar-refractivity contribution in [2.45, 2.75) is 70.9 Å². The van der Waals surface area contributed by atoms with Gasteiger partial charge in [-0.15, -0.1) is 0 Å². The minimum absolute atomic E-state index is 0.000797. The molecule has 0 unspecified atom stereocenters. The Hall–Kier alpha value is -2.02. The van der Waals surface area contributed by atoms with E-state index in [1.807, 2.05) is 34.8 Å². The highest BCUT2D eigenvalue weighted by Gasteiger charge is 2.24. The van der Waals surface area contributed by atoms with E-state index in [4.69, 9.17) is 4.74 Å². The van der Waals surface area contributed by atoms with Crippen LogP contribution in [0, 0.1) is 0 Å². The van der Waals surface area contributed by atoms with Gasteiger partial charge in [-0.05, 0) is 37.8 Å². The molecule has 1 N–H and O–H groups in total. The van der Waals surface area contributed by atoms with Crippen molar-refractivity contribution in [1.82, 2.24) is 19.7 Å². The number of aromatic nitrogens is 1. The van der Waals surface area contributed by atoms with Gasteiger partial charge in [-0.3, -0.25) is 4.79 Å². The molecule has 0 saturated heterocycles. The summed E-state index contributed by atoms with van der Waals surface area (Å²) in [6, 6.07) is 4.14. The SMILES string of the molecule is CCCCN(Cc1cccn1C)C(=O)CN(CCCOC)C(=O)NC1CCCCC1. The van der Waals surface area contributed by atoms with E-state index in [-0.39, 0.29) is 24.5 Å². The highest BCUT2D eigenvalue weighted by molar-refractivity contribution is 5.84. The second-order valence-electron chi connectivity index (χ2n) is 8.33. The van der Waals surface area contributed by atoms with E-state index in [2.05, 4.69) is 12.2 Å². The molecule has 1 aliphatic rings. The lowest BCUT2D eigenvalue weighted by atomic mass is 9.96. The maximum atomic E-state index is 13.2. The lowest BCUT2D eigenvalue weighted by molar-refractivity contribution is -0.132. The van der Waals surface area contributed by atoms with Crippen LogP contribution in [0.1, 0.15) is 64.0 Å². The van der Waals surface area contributed by atoms with Gasteiger partial charge in [0.2, 0.25) is 5.91 Å². The van der Waals surface area contributed by atoms with Crippen LogP contribution in [-0.4, -0.2) is 65.7 Å². The van der Waals surface area contributed by atoms with E-state index in [9.17, 15) is 9.59 Å². The molecule has 7 nitrogen and oxygen atoms in total. The van der Waals surface area contributed by atoms with Gasteiger partial charge in [-0.2, -0.15) is 0 Å². The van der Waals surface area contributed by atoms with Crippen molar-refractivity contribution in [3.63, 3.8) is 0 Å². The fourth-order valence-electron chi connectivity index (χ4n) is 3.93. The summed E-state index contributed by atoms with van der Waals surface area (Å²) in [5, 5.41) is 3.16. The maximum Gasteiger partial charge on any atom is 0.318 e. The number of carbonyl (C=O) groups is 2. The molecule has 170 valence electrons. The number of hydrogen-bond donors (Lipinski definition) is 1. The van der Waals surface area contributed by atoms with Crippen molar-refractivity contribution in [3.05, 3.63) is 24.0 Å². The Morgan fingerprint density at radius 1 is 1.17 bits per heavy atom. The molecular formula is C23H40N4O3. The van der Waals surface area contributed by atoms with Gasteiger partial charge in [0.05, 0.1) is 6.54 Å². The molecule has 1 heterocycles. The van der Waals surface area contributed by atoms with Crippen LogP contribution in [0.2, 0.25) is 0 Å². The lowest BCUT2D eigenvalue weighted by Gasteiger charge is -2.30. The molecule has 1 aromatic rings. The number of rotatable bonds is 12. The molecule has 1 saturated carbocycles. The Bertz CT molecular complexity index is 640. The summed E-state index contributed by atoms with van der Waals surface area (Å²) < 4.78 is 7.19. The largest absolute Gasteiger partial charge is 0.385 e. The number of methoxy groups -OCH3 is 1. The molecule has 1 aromatic heterocycles. The minimum Gasteiger partial charge on any atom is -0.385 e. The average Bonchev–Trinajstić information content (AvgIpc) is 3.15. The molecule has 0 bridgehead atoms. The molecule has 0 spiro atoms. The van der Waals surface area contributed by atoms with E-state index >= 15 is 0 Å². The van der Waals surface area contributed by atoms with Gasteiger partial charge in [-0.25, -0.2) is 4.79 Å². The van der Waals surface area contributed by atoms with Gasteiger partial charge in [0.15, 0.2) is 0 Å². The van der Waals surface area contributed by atoms with Crippen molar-refractivity contribution in [2.75, 3.05) is 33.4 Å². The first kappa shape index (κ1) is 24.3. The van der Waals surface area contributed by atoms with Crippen LogP contribution in [0.4, 0.5) is 4.79 Å². The second-order valence-corrected chi connectivity index (χ2v) is 8.33. The van der Waals surface area contributed by atoms with Crippen LogP contribution in [0.25, 0.3) is 0 Å². The number of nitrogens with zero attached hydrogens (tertiary/aromatic N) is 3. The smallest absolute Gasteiger partial charge is 0.318 e. The van der Waals surface area contributed by atoms with E-state index in [0.29, 0.717) is 32.7 Å². The third kappa shape index (κ3) is 8.01. The van der Waals surface area contributed by atoms with Gasteiger partial charge < -0.3 is 24.4 Å². The van der Waals surface area contributed by atoms with Gasteiger partial charge in [-0.1, -0.05) is 32.6 Å². The zero-order valence-corrected chi connectivity index (χ0v) is 19.1. The predicted molar refractivity (Wildman–Crippen MR) is 119 cm³/mol. The van der Waals surface area contributed by atoms with Crippen LogP contribution in [0.5, 0.6) is 0 Å². The molecule has 1 aliphatic carbocycles. The van der Waals surface area contributed by atoms with Crippen molar-refractivity contribution in [3.8, 4) is 0 Å². The first-order valence-corrected chi connectivity index (χ1v) is 11.5. The normalized spacial score (nSPS) is 14.5. The van der Waals surface area contributed by atoms with Gasteiger partial charge in [0.25, 0.3) is 0 Å². The van der Waals surface area contributed by atoms with Crippen LogP contribution in [0.15, 0.2) is 18.3 Å². The van der Waals surface area contributed by atoms with Crippen molar-refractivity contribution >= 4 is 11.9 Å². The van der Waals surface area contributed by atoms with E-state index in [1.54, 1.807) is 12.0 Å². The fraction of sp³-hybridized carbons (Fsp3) is 0.739. The van der Waals surface area contributed by atoms with Crippen LogP contribution in [0.3, 0.4) is 0 Å². The Morgan fingerprint density at radius 3 is 2.53 bits per heavy atom. The molecule has 0 atom stereocenters. The number of urea groups is 1. The highest BCUT2D eigenvalue weighted by atomic mass is 16.5. The number of amides is 3. The molecule has 30 heavy (non-hydrogen) atoms. The summed E-state index contributed by atoms with van der Waals surface area (Å²) in [7, 11) is 3.65. The molecule has 1 fully saturated rings. The van der Waals surface area contributed by atoms with Crippen LogP contribution < -0.4 is 5.32 Å². The number of unbranched alkanes of at least 4 members (excludes halogenated alkanes) is 1. The van der Waals surface area contributed by atoms with Crippen LogP contribution >= 0.6 is 0 Å². The summed E-state index contributed by atoms with van der Waals surface area (Å²) in [5.74, 6) is 0.000797. The third-order valence-electron chi connectivity index (χ3n) is 5.86. The second kappa shape index (κ2) is 13.3. The highest BCUT2D eigenvalue weighted by Crippen LogP contribution is 2.17. The standard InChI is InChI=1S/C23H40N4O3/c1-4-5-15-26(18-21-13-9-14-25(21)2)22(28)19-27(16-10-17-30-3)23(29)24-20-11-7-6-8-12-20/h9,13-14,20H,4-8,10-12,15-19H2,1-3H3,(H,24,29). The van der Waals surface area contributed by atoms with Crippen LogP contribution in [-0.2, 0) is 23.1 Å². The monoisotopic (exact) mass is 420 g/mol. The summed E-state index contributed by atoms with van der Waals surface area (Å²) in [4.78, 5) is 29.7. The first-order valence-electron chi connectivity index (χ1n) is 11.5. The molecule has 0 aliphatic heterocycles. The molecule has 2 rings (SSSR count). The fourth-order valence-corrected chi connectivity index (χ4v) is 3.93. The van der Waals surface area contributed by atoms with Gasteiger partial charge >= 0.3 is 6.03 Å². The number of nitrogens with one attached hydrogen (secondary N) is 1. The van der Waals surface area contributed by atoms with Crippen molar-refractivity contribution < 1.29 is 14.3 Å². The number of carbonyl (C=O) groups excluding carboxylic acids is 2. The molecular weight excluding hydrogens is 380 g/mol. The lowest BCUT2D eigenvalue weighted by Crippen LogP contribution is -2.50. The third-order valence-corrected chi connectivity index (χ3v) is 5.86. The van der Waals surface area contributed by atoms with Gasteiger partial charge in [0, 0.05) is 51.8 Å². The van der Waals surface area contributed by atoms with Gasteiger partial charge in [0.1, 0.15) is 6.54 Å².